The lowest BCUT2D eigenvalue weighted by Crippen LogP contribution is -2.28. The van der Waals surface area contributed by atoms with Crippen LogP contribution in [-0.2, 0) is 0 Å². The Morgan fingerprint density at radius 1 is 1.12 bits per heavy atom. The van der Waals surface area contributed by atoms with Crippen molar-refractivity contribution in [3.05, 3.63) is 59.2 Å². The highest BCUT2D eigenvalue weighted by Gasteiger charge is 2.07. The van der Waals surface area contributed by atoms with E-state index in [1.165, 1.54) is 22.5 Å². The van der Waals surface area contributed by atoms with E-state index in [0.29, 0.717) is 11.7 Å². The minimum absolute atomic E-state index is 0.226. The number of hydrogen-bond donors (Lipinski definition) is 2. The van der Waals surface area contributed by atoms with Crippen LogP contribution in [0.2, 0.25) is 0 Å². The largest absolute Gasteiger partial charge is 0.338 e. The zero-order chi connectivity index (χ0) is 16.9. The van der Waals surface area contributed by atoms with Gasteiger partial charge in [-0.3, -0.25) is 5.32 Å². The summed E-state index contributed by atoms with van der Waals surface area (Å²) in [6.07, 6.45) is 4.18. The van der Waals surface area contributed by atoms with Gasteiger partial charge in [0.1, 0.15) is 0 Å². The van der Waals surface area contributed by atoms with Gasteiger partial charge in [-0.05, 0) is 37.1 Å². The van der Waals surface area contributed by atoms with Gasteiger partial charge in [0.2, 0.25) is 0 Å². The van der Waals surface area contributed by atoms with E-state index in [-0.39, 0.29) is 6.03 Å². The lowest BCUT2D eigenvalue weighted by Gasteiger charge is -2.00. The Labute approximate surface area is 145 Å². The van der Waals surface area contributed by atoms with Gasteiger partial charge in [-0.25, -0.2) is 9.78 Å². The van der Waals surface area contributed by atoms with Crippen LogP contribution in [0.15, 0.2) is 42.5 Å². The van der Waals surface area contributed by atoms with Gasteiger partial charge < -0.3 is 5.32 Å². The summed E-state index contributed by atoms with van der Waals surface area (Å²) in [4.78, 5) is 16.0. The van der Waals surface area contributed by atoms with Crippen LogP contribution in [0.3, 0.4) is 0 Å². The fourth-order valence-corrected chi connectivity index (χ4v) is 3.18. The number of nitrogens with one attached hydrogen (secondary N) is 2. The number of hydrogen-bond acceptors (Lipinski definition) is 3. The third kappa shape index (κ3) is 4.00. The molecule has 0 saturated heterocycles. The predicted molar refractivity (Wildman–Crippen MR) is 102 cm³/mol. The van der Waals surface area contributed by atoms with E-state index in [4.69, 9.17) is 0 Å². The molecular weight excluding hydrogens is 318 g/mol. The molecule has 1 aromatic heterocycles. The molecule has 2 amide bonds. The Hall–Kier alpha value is -2.66. The van der Waals surface area contributed by atoms with Crippen molar-refractivity contribution < 1.29 is 4.79 Å². The Morgan fingerprint density at radius 2 is 1.83 bits per heavy atom. The molecular formula is C19H19N3OS. The minimum Gasteiger partial charge on any atom is -0.338 e. The van der Waals surface area contributed by atoms with E-state index >= 15 is 0 Å². The van der Waals surface area contributed by atoms with E-state index in [2.05, 4.69) is 65.0 Å². The fraction of sp³-hybridized carbons (Fsp3) is 0.158. The zero-order valence-corrected chi connectivity index (χ0v) is 14.5. The van der Waals surface area contributed by atoms with Crippen molar-refractivity contribution in [2.75, 3.05) is 11.9 Å². The lowest BCUT2D eigenvalue weighted by molar-refractivity contribution is 0.252. The predicted octanol–water partition coefficient (Wildman–Crippen LogP) is 4.92. The first-order valence-corrected chi connectivity index (χ1v) is 8.66. The van der Waals surface area contributed by atoms with Gasteiger partial charge in [-0.1, -0.05) is 59.4 Å². The van der Waals surface area contributed by atoms with Crippen molar-refractivity contribution >= 4 is 44.9 Å². The third-order valence-corrected chi connectivity index (χ3v) is 4.45. The standard InChI is InChI=1S/C19H19N3OS/c1-3-20-18(23)22-19-21-16-11-10-15(12-17(16)24-19)9-8-14-6-4-13(2)5-7-14/h4-12H,3H2,1-2H3,(H2,20,21,22,23)/b9-8-. The number of fused-ring (bicyclic) bond motifs is 1. The van der Waals surface area contributed by atoms with Gasteiger partial charge in [-0.15, -0.1) is 0 Å². The molecule has 0 atom stereocenters. The van der Waals surface area contributed by atoms with Crippen molar-refractivity contribution in [3.8, 4) is 0 Å². The number of aryl methyl sites for hydroxylation is 1. The summed E-state index contributed by atoms with van der Waals surface area (Å²) >= 11 is 1.47. The van der Waals surface area contributed by atoms with Gasteiger partial charge in [0, 0.05) is 6.54 Å². The topological polar surface area (TPSA) is 54.0 Å². The van der Waals surface area contributed by atoms with E-state index in [9.17, 15) is 4.79 Å². The summed E-state index contributed by atoms with van der Waals surface area (Å²) in [5, 5.41) is 6.06. The molecule has 0 bridgehead atoms. The Kier molecular flexibility index (Phi) is 4.91. The fourth-order valence-electron chi connectivity index (χ4n) is 2.27. The molecule has 4 nitrogen and oxygen atoms in total. The molecule has 0 aliphatic rings. The van der Waals surface area contributed by atoms with E-state index in [0.717, 1.165) is 15.8 Å². The number of carbonyl (C=O) groups excluding carboxylic acids is 1. The maximum Gasteiger partial charge on any atom is 0.321 e. The smallest absolute Gasteiger partial charge is 0.321 e. The second-order valence-corrected chi connectivity index (χ2v) is 6.51. The first-order chi connectivity index (χ1) is 11.6. The summed E-state index contributed by atoms with van der Waals surface area (Å²) in [5.41, 5.74) is 4.42. The van der Waals surface area contributed by atoms with Crippen LogP contribution in [0.25, 0.3) is 22.4 Å². The van der Waals surface area contributed by atoms with Crippen LogP contribution in [0.5, 0.6) is 0 Å². The second kappa shape index (κ2) is 7.27. The van der Waals surface area contributed by atoms with Crippen molar-refractivity contribution in [2.24, 2.45) is 0 Å². The number of aromatic nitrogens is 1. The number of urea groups is 1. The van der Waals surface area contributed by atoms with Crippen molar-refractivity contribution in [1.29, 1.82) is 0 Å². The number of amides is 2. The van der Waals surface area contributed by atoms with Gasteiger partial charge in [0.25, 0.3) is 0 Å². The van der Waals surface area contributed by atoms with Crippen LogP contribution in [0.4, 0.5) is 9.93 Å². The normalized spacial score (nSPS) is 11.1. The van der Waals surface area contributed by atoms with Crippen LogP contribution >= 0.6 is 11.3 Å². The highest BCUT2D eigenvalue weighted by molar-refractivity contribution is 7.22. The van der Waals surface area contributed by atoms with Crippen LogP contribution in [0.1, 0.15) is 23.6 Å². The Bertz CT molecular complexity index is 881. The molecule has 3 rings (SSSR count). The molecule has 1 heterocycles. The molecule has 0 aliphatic carbocycles. The second-order valence-electron chi connectivity index (χ2n) is 5.47. The average Bonchev–Trinajstić information content (AvgIpc) is 2.95. The van der Waals surface area contributed by atoms with Crippen molar-refractivity contribution in [2.45, 2.75) is 13.8 Å². The maximum atomic E-state index is 11.6. The first-order valence-electron chi connectivity index (χ1n) is 7.84. The van der Waals surface area contributed by atoms with Gasteiger partial charge in [0.15, 0.2) is 5.13 Å². The highest BCUT2D eigenvalue weighted by atomic mass is 32.1. The molecule has 122 valence electrons. The molecule has 0 spiro atoms. The lowest BCUT2D eigenvalue weighted by atomic mass is 10.1. The van der Waals surface area contributed by atoms with Crippen molar-refractivity contribution in [1.82, 2.24) is 10.3 Å². The van der Waals surface area contributed by atoms with Crippen molar-refractivity contribution in [3.63, 3.8) is 0 Å². The molecule has 5 heteroatoms. The van der Waals surface area contributed by atoms with Gasteiger partial charge in [-0.2, -0.15) is 0 Å². The van der Waals surface area contributed by atoms with E-state index in [1.807, 2.05) is 19.1 Å². The van der Waals surface area contributed by atoms with Crippen LogP contribution in [-0.4, -0.2) is 17.6 Å². The third-order valence-electron chi connectivity index (χ3n) is 3.52. The zero-order valence-electron chi connectivity index (χ0n) is 13.7. The quantitative estimate of drug-likeness (QED) is 0.664. The molecule has 0 radical (unpaired) electrons. The maximum absolute atomic E-state index is 11.6. The summed E-state index contributed by atoms with van der Waals surface area (Å²) in [6, 6.07) is 14.3. The van der Waals surface area contributed by atoms with Gasteiger partial charge >= 0.3 is 6.03 Å². The Morgan fingerprint density at radius 3 is 2.58 bits per heavy atom. The monoisotopic (exact) mass is 337 g/mol. The first kappa shape index (κ1) is 16.2. The molecule has 0 unspecified atom stereocenters. The Balaban J connectivity index is 1.78. The summed E-state index contributed by atoms with van der Waals surface area (Å²) < 4.78 is 1.05. The number of carbonyl (C=O) groups is 1. The number of benzene rings is 2. The van der Waals surface area contributed by atoms with Crippen LogP contribution in [0, 0.1) is 6.92 Å². The number of thiazole rings is 1. The molecule has 0 fully saturated rings. The SMILES string of the molecule is CCNC(=O)Nc1nc2ccc(/C=C\c3ccc(C)cc3)cc2s1. The van der Waals surface area contributed by atoms with Gasteiger partial charge in [0.05, 0.1) is 10.2 Å². The molecule has 2 aromatic carbocycles. The summed E-state index contributed by atoms with van der Waals surface area (Å²) in [5.74, 6) is 0. The van der Waals surface area contributed by atoms with E-state index in [1.54, 1.807) is 0 Å². The molecule has 24 heavy (non-hydrogen) atoms. The summed E-state index contributed by atoms with van der Waals surface area (Å²) in [7, 11) is 0. The van der Waals surface area contributed by atoms with E-state index < -0.39 is 0 Å². The minimum atomic E-state index is -0.226. The highest BCUT2D eigenvalue weighted by Crippen LogP contribution is 2.27. The molecule has 2 N–H and O–H groups in total. The molecule has 0 saturated carbocycles. The van der Waals surface area contributed by atoms with Crippen LogP contribution < -0.4 is 10.6 Å². The molecule has 0 aliphatic heterocycles. The number of rotatable bonds is 4. The number of anilines is 1. The summed E-state index contributed by atoms with van der Waals surface area (Å²) in [6.45, 7) is 4.55. The number of nitrogens with zero attached hydrogens (tertiary/aromatic N) is 1. The average molecular weight is 337 g/mol. The molecule has 3 aromatic rings.